The Morgan fingerprint density at radius 3 is 2.21 bits per heavy atom. The standard InChI is InChI=1S/C8H5F5N2O3S/c1-2-3(5(16)17)4(19-15-2)14-6(18)7(9,10)8(11,12)13/h1H3,(H,14,18)(H,16,17). The zero-order valence-electron chi connectivity index (χ0n) is 9.01. The molecule has 0 spiro atoms. The third kappa shape index (κ3) is 2.80. The van der Waals surface area contributed by atoms with E-state index in [2.05, 4.69) is 4.37 Å². The molecule has 0 aliphatic rings. The Morgan fingerprint density at radius 1 is 1.26 bits per heavy atom. The van der Waals surface area contributed by atoms with Gasteiger partial charge in [-0.15, -0.1) is 0 Å². The van der Waals surface area contributed by atoms with E-state index in [0.717, 1.165) is 0 Å². The van der Waals surface area contributed by atoms with Gasteiger partial charge < -0.3 is 10.4 Å². The first-order valence-electron chi connectivity index (χ1n) is 4.44. The number of carbonyl (C=O) groups is 2. The summed E-state index contributed by atoms with van der Waals surface area (Å²) in [7, 11) is 0. The molecular weight excluding hydrogens is 299 g/mol. The molecule has 0 unspecified atom stereocenters. The van der Waals surface area contributed by atoms with E-state index >= 15 is 0 Å². The van der Waals surface area contributed by atoms with Crippen molar-refractivity contribution in [3.05, 3.63) is 11.3 Å². The van der Waals surface area contributed by atoms with Crippen LogP contribution in [0.2, 0.25) is 0 Å². The number of halogens is 5. The third-order valence-electron chi connectivity index (χ3n) is 1.94. The van der Waals surface area contributed by atoms with Crippen molar-refractivity contribution in [3.8, 4) is 0 Å². The molecule has 1 amide bonds. The monoisotopic (exact) mass is 304 g/mol. The molecule has 1 heterocycles. The number of anilines is 1. The summed E-state index contributed by atoms with van der Waals surface area (Å²) in [5.74, 6) is -9.89. The van der Waals surface area contributed by atoms with Crippen LogP contribution < -0.4 is 5.32 Å². The van der Waals surface area contributed by atoms with Crippen molar-refractivity contribution in [2.45, 2.75) is 19.0 Å². The van der Waals surface area contributed by atoms with Crippen LogP contribution in [-0.2, 0) is 4.79 Å². The first kappa shape index (κ1) is 15.3. The van der Waals surface area contributed by atoms with Crippen LogP contribution in [-0.4, -0.2) is 33.5 Å². The first-order chi connectivity index (χ1) is 8.48. The molecule has 0 aliphatic heterocycles. The number of aryl methyl sites for hydroxylation is 1. The summed E-state index contributed by atoms with van der Waals surface area (Å²) in [6.45, 7) is 1.21. The zero-order chi connectivity index (χ0) is 15.0. The van der Waals surface area contributed by atoms with E-state index < -0.39 is 34.5 Å². The Morgan fingerprint density at radius 2 is 1.79 bits per heavy atom. The second-order valence-corrected chi connectivity index (χ2v) is 4.08. The van der Waals surface area contributed by atoms with Gasteiger partial charge in [-0.2, -0.15) is 26.3 Å². The number of aromatic nitrogens is 1. The molecule has 0 saturated heterocycles. The molecule has 1 rings (SSSR count). The van der Waals surface area contributed by atoms with Crippen molar-refractivity contribution in [2.75, 3.05) is 5.32 Å². The topological polar surface area (TPSA) is 79.3 Å². The minimum absolute atomic E-state index is 0.108. The van der Waals surface area contributed by atoms with E-state index in [1.807, 2.05) is 0 Å². The van der Waals surface area contributed by atoms with Gasteiger partial charge >= 0.3 is 24.0 Å². The highest BCUT2D eigenvalue weighted by Gasteiger charge is 2.63. The van der Waals surface area contributed by atoms with Gasteiger partial charge in [0.2, 0.25) is 0 Å². The van der Waals surface area contributed by atoms with E-state index in [1.165, 1.54) is 12.2 Å². The maximum Gasteiger partial charge on any atom is 0.463 e. The number of hydrogen-bond acceptors (Lipinski definition) is 4. The van der Waals surface area contributed by atoms with Crippen molar-refractivity contribution in [2.24, 2.45) is 0 Å². The lowest BCUT2D eigenvalue weighted by Gasteiger charge is -2.18. The maximum absolute atomic E-state index is 12.6. The highest BCUT2D eigenvalue weighted by atomic mass is 32.1. The Balaban J connectivity index is 3.05. The van der Waals surface area contributed by atoms with Gasteiger partial charge in [-0.25, -0.2) is 4.79 Å². The number of hydrogen-bond donors (Lipinski definition) is 2. The fourth-order valence-corrected chi connectivity index (χ4v) is 1.80. The molecule has 0 bridgehead atoms. The summed E-state index contributed by atoms with van der Waals surface area (Å²) in [5, 5.41) is 9.26. The predicted molar refractivity (Wildman–Crippen MR) is 53.4 cm³/mol. The van der Waals surface area contributed by atoms with Gasteiger partial charge in [0.25, 0.3) is 0 Å². The van der Waals surface area contributed by atoms with Gasteiger partial charge in [-0.1, -0.05) is 0 Å². The average molecular weight is 304 g/mol. The minimum atomic E-state index is -6.07. The number of aromatic carboxylic acids is 1. The van der Waals surface area contributed by atoms with Gasteiger partial charge in [0.15, 0.2) is 0 Å². The zero-order valence-corrected chi connectivity index (χ0v) is 9.83. The van der Waals surface area contributed by atoms with E-state index in [9.17, 15) is 31.5 Å². The highest BCUT2D eigenvalue weighted by molar-refractivity contribution is 7.11. The van der Waals surface area contributed by atoms with E-state index in [-0.39, 0.29) is 5.69 Å². The number of nitrogens with zero attached hydrogens (tertiary/aromatic N) is 1. The normalized spacial score (nSPS) is 12.3. The number of nitrogens with one attached hydrogen (secondary N) is 1. The Hall–Kier alpha value is -1.78. The lowest BCUT2D eigenvalue weighted by Crippen LogP contribution is -2.47. The molecule has 0 fully saturated rings. The SMILES string of the molecule is Cc1nsc(NC(=O)C(F)(F)C(F)(F)F)c1C(=O)O. The van der Waals surface area contributed by atoms with Gasteiger partial charge in [-0.05, 0) is 18.5 Å². The molecule has 0 radical (unpaired) electrons. The fourth-order valence-electron chi connectivity index (χ4n) is 1.02. The molecule has 0 atom stereocenters. The maximum atomic E-state index is 12.6. The molecule has 5 nitrogen and oxygen atoms in total. The summed E-state index contributed by atoms with van der Waals surface area (Å²) in [6.07, 6.45) is -6.07. The second-order valence-electron chi connectivity index (χ2n) is 3.30. The van der Waals surface area contributed by atoms with Crippen molar-refractivity contribution in [1.29, 1.82) is 0 Å². The molecule has 2 N–H and O–H groups in total. The van der Waals surface area contributed by atoms with Crippen molar-refractivity contribution in [1.82, 2.24) is 4.37 Å². The number of alkyl halides is 5. The molecule has 19 heavy (non-hydrogen) atoms. The van der Waals surface area contributed by atoms with Crippen molar-refractivity contribution in [3.63, 3.8) is 0 Å². The molecule has 0 aromatic carbocycles. The molecule has 11 heteroatoms. The third-order valence-corrected chi connectivity index (χ3v) is 2.80. The van der Waals surface area contributed by atoms with Crippen LogP contribution in [0.5, 0.6) is 0 Å². The lowest BCUT2D eigenvalue weighted by atomic mass is 10.2. The highest BCUT2D eigenvalue weighted by Crippen LogP contribution is 2.37. The van der Waals surface area contributed by atoms with Gasteiger partial charge in [0.05, 0.1) is 5.69 Å². The van der Waals surface area contributed by atoms with Crippen molar-refractivity contribution < 1.29 is 36.6 Å². The Labute approximate surface area is 106 Å². The molecular formula is C8H5F5N2O3S. The van der Waals surface area contributed by atoms with Crippen molar-refractivity contribution >= 4 is 28.4 Å². The van der Waals surface area contributed by atoms with Gasteiger partial charge in [0.1, 0.15) is 10.6 Å². The summed E-state index contributed by atoms with van der Waals surface area (Å²) >= 11 is 0.296. The summed E-state index contributed by atoms with van der Waals surface area (Å²) in [4.78, 5) is 21.6. The number of amides is 1. The van der Waals surface area contributed by atoms with Gasteiger partial charge in [0, 0.05) is 0 Å². The predicted octanol–water partition coefficient (Wildman–Crippen LogP) is 2.29. The van der Waals surface area contributed by atoms with E-state index in [1.54, 1.807) is 0 Å². The minimum Gasteiger partial charge on any atom is -0.478 e. The van der Waals surface area contributed by atoms with Crippen LogP contribution >= 0.6 is 11.5 Å². The Kier molecular flexibility index (Phi) is 3.79. The van der Waals surface area contributed by atoms with E-state index in [4.69, 9.17) is 5.11 Å². The number of carboxylic acid groups (broad SMARTS) is 1. The van der Waals surface area contributed by atoms with Crippen LogP contribution in [0.25, 0.3) is 0 Å². The van der Waals surface area contributed by atoms with Gasteiger partial charge in [-0.3, -0.25) is 4.79 Å². The van der Waals surface area contributed by atoms with Crippen LogP contribution in [0.4, 0.5) is 27.0 Å². The Bertz CT molecular complexity index is 525. The quantitative estimate of drug-likeness (QED) is 0.840. The first-order valence-corrected chi connectivity index (χ1v) is 5.21. The number of carbonyl (C=O) groups excluding carboxylic acids is 1. The second kappa shape index (κ2) is 4.72. The number of carboxylic acids is 1. The van der Waals surface area contributed by atoms with Crippen LogP contribution in [0.15, 0.2) is 0 Å². The summed E-state index contributed by atoms with van der Waals surface area (Å²) in [6, 6.07) is 0. The molecule has 106 valence electrons. The molecule has 0 saturated carbocycles. The largest absolute Gasteiger partial charge is 0.478 e. The smallest absolute Gasteiger partial charge is 0.463 e. The van der Waals surface area contributed by atoms with Crippen LogP contribution in [0, 0.1) is 6.92 Å². The lowest BCUT2D eigenvalue weighted by molar-refractivity contribution is -0.267. The van der Waals surface area contributed by atoms with Crippen LogP contribution in [0.3, 0.4) is 0 Å². The molecule has 1 aromatic rings. The number of rotatable bonds is 3. The molecule has 1 aromatic heterocycles. The summed E-state index contributed by atoms with van der Waals surface area (Å²) < 4.78 is 64.5. The molecule has 0 aliphatic carbocycles. The van der Waals surface area contributed by atoms with E-state index in [0.29, 0.717) is 11.5 Å². The average Bonchev–Trinajstić information content (AvgIpc) is 2.57. The fraction of sp³-hybridized carbons (Fsp3) is 0.375. The summed E-state index contributed by atoms with van der Waals surface area (Å²) in [5.41, 5.74) is -0.737. The van der Waals surface area contributed by atoms with Crippen LogP contribution in [0.1, 0.15) is 16.1 Å².